The molecule has 2 nitrogen and oxygen atoms in total. The summed E-state index contributed by atoms with van der Waals surface area (Å²) in [5.41, 5.74) is 3.87. The molecule has 0 N–H and O–H groups in total. The Hall–Kier alpha value is -0.833. The lowest BCUT2D eigenvalue weighted by Crippen LogP contribution is -2.50. The highest BCUT2D eigenvalue weighted by molar-refractivity contribution is 6.78. The van der Waals surface area contributed by atoms with Crippen molar-refractivity contribution in [3.63, 3.8) is 0 Å². The normalized spacial score (nSPS) is 12.6. The fraction of sp³-hybridized carbons (Fsp3) is 0.688. The quantitative estimate of drug-likeness (QED) is 0.686. The Morgan fingerprint density at radius 1 is 0.842 bits per heavy atom. The van der Waals surface area contributed by atoms with Crippen molar-refractivity contribution in [2.45, 2.75) is 72.0 Å². The molecule has 108 valence electrons. The molecular weight excluding hydrogens is 250 g/mol. The van der Waals surface area contributed by atoms with Crippen LogP contribution in [0.2, 0.25) is 16.6 Å². The molecule has 0 aliphatic rings. The van der Waals surface area contributed by atoms with Crippen LogP contribution in [0.4, 0.5) is 0 Å². The summed E-state index contributed by atoms with van der Waals surface area (Å²) in [4.78, 5) is 4.43. The summed E-state index contributed by atoms with van der Waals surface area (Å²) in [6, 6.07) is 4.14. The number of aromatic nitrogens is 1. The first kappa shape index (κ1) is 16.2. The summed E-state index contributed by atoms with van der Waals surface area (Å²) in [6.07, 6.45) is 0. The van der Waals surface area contributed by atoms with E-state index in [4.69, 9.17) is 4.43 Å². The average Bonchev–Trinajstić information content (AvgIpc) is 2.22. The highest BCUT2D eigenvalue weighted by Gasteiger charge is 2.47. The van der Waals surface area contributed by atoms with Gasteiger partial charge in [-0.05, 0) is 42.6 Å². The Kier molecular flexibility index (Phi) is 5.19. The average molecular weight is 280 g/mol. The Morgan fingerprint density at radius 3 is 1.53 bits per heavy atom. The van der Waals surface area contributed by atoms with Crippen molar-refractivity contribution < 1.29 is 4.43 Å². The van der Waals surface area contributed by atoms with Gasteiger partial charge in [-0.25, -0.2) is 0 Å². The van der Waals surface area contributed by atoms with E-state index in [9.17, 15) is 0 Å². The molecule has 0 spiro atoms. The van der Waals surface area contributed by atoms with Crippen LogP contribution >= 0.6 is 0 Å². The van der Waals surface area contributed by atoms with E-state index in [1.165, 1.54) is 0 Å². The summed E-state index contributed by atoms with van der Waals surface area (Å²) in [5.74, 6) is 1.01. The lowest BCUT2D eigenvalue weighted by atomic mass is 10.3. The number of aryl methyl sites for hydroxylation is 2. The van der Waals surface area contributed by atoms with Crippen LogP contribution in [0.15, 0.2) is 12.1 Å². The van der Waals surface area contributed by atoms with Gasteiger partial charge in [0.05, 0.1) is 0 Å². The fourth-order valence-electron chi connectivity index (χ4n) is 3.41. The van der Waals surface area contributed by atoms with Crippen LogP contribution in [0.1, 0.15) is 52.9 Å². The Balaban J connectivity index is 3.20. The maximum absolute atomic E-state index is 6.65. The Labute approximate surface area is 119 Å². The predicted octanol–water partition coefficient (Wildman–Crippen LogP) is 5.25. The summed E-state index contributed by atoms with van der Waals surface area (Å²) < 4.78 is 6.65. The molecule has 19 heavy (non-hydrogen) atoms. The molecule has 0 aliphatic carbocycles. The zero-order chi connectivity index (χ0) is 14.8. The van der Waals surface area contributed by atoms with E-state index in [2.05, 4.69) is 58.7 Å². The third-order valence-electron chi connectivity index (χ3n) is 4.06. The topological polar surface area (TPSA) is 22.1 Å². The Morgan fingerprint density at radius 2 is 1.21 bits per heavy atom. The van der Waals surface area contributed by atoms with Crippen LogP contribution < -0.4 is 4.43 Å². The van der Waals surface area contributed by atoms with Crippen molar-refractivity contribution in [2.24, 2.45) is 0 Å². The third kappa shape index (κ3) is 3.38. The second kappa shape index (κ2) is 6.08. The third-order valence-corrected chi connectivity index (χ3v) is 10.1. The van der Waals surface area contributed by atoms with E-state index >= 15 is 0 Å². The molecule has 0 fully saturated rings. The lowest BCUT2D eigenvalue weighted by molar-refractivity contribution is 0.478. The number of rotatable bonds is 5. The molecule has 0 aromatic carbocycles. The smallest absolute Gasteiger partial charge is 0.258 e. The first-order valence-corrected chi connectivity index (χ1v) is 9.48. The van der Waals surface area contributed by atoms with Crippen LogP contribution in [-0.4, -0.2) is 13.3 Å². The van der Waals surface area contributed by atoms with Gasteiger partial charge in [0.15, 0.2) is 0 Å². The van der Waals surface area contributed by atoms with Gasteiger partial charge < -0.3 is 4.43 Å². The van der Waals surface area contributed by atoms with Crippen molar-refractivity contribution in [3.8, 4) is 5.75 Å². The molecule has 1 aromatic rings. The maximum atomic E-state index is 6.65. The van der Waals surface area contributed by atoms with Crippen molar-refractivity contribution in [3.05, 3.63) is 23.5 Å². The van der Waals surface area contributed by atoms with E-state index in [1.54, 1.807) is 0 Å². The predicted molar refractivity (Wildman–Crippen MR) is 85.4 cm³/mol. The molecule has 1 aromatic heterocycles. The van der Waals surface area contributed by atoms with Gasteiger partial charge in [0, 0.05) is 11.4 Å². The van der Waals surface area contributed by atoms with Crippen LogP contribution in [-0.2, 0) is 0 Å². The molecule has 1 rings (SSSR count). The van der Waals surface area contributed by atoms with Crippen molar-refractivity contribution in [1.29, 1.82) is 0 Å². The van der Waals surface area contributed by atoms with Gasteiger partial charge in [-0.1, -0.05) is 41.5 Å². The zero-order valence-corrected chi connectivity index (χ0v) is 14.7. The molecule has 3 heteroatoms. The van der Waals surface area contributed by atoms with Gasteiger partial charge in [-0.3, -0.25) is 4.98 Å². The number of nitrogens with zero attached hydrogens (tertiary/aromatic N) is 1. The molecule has 0 amide bonds. The number of hydrogen-bond acceptors (Lipinski definition) is 2. The maximum Gasteiger partial charge on any atom is 0.258 e. The summed E-state index contributed by atoms with van der Waals surface area (Å²) in [7, 11) is -1.84. The van der Waals surface area contributed by atoms with Gasteiger partial charge in [-0.2, -0.15) is 0 Å². The molecule has 0 saturated heterocycles. The molecule has 0 bridgehead atoms. The largest absolute Gasteiger partial charge is 0.543 e. The fourth-order valence-corrected chi connectivity index (χ4v) is 8.65. The van der Waals surface area contributed by atoms with Gasteiger partial charge in [0.25, 0.3) is 8.32 Å². The second-order valence-electron chi connectivity index (χ2n) is 6.51. The van der Waals surface area contributed by atoms with E-state index in [1.807, 2.05) is 13.8 Å². The van der Waals surface area contributed by atoms with Crippen LogP contribution in [0.5, 0.6) is 5.75 Å². The lowest BCUT2D eigenvalue weighted by Gasteiger charge is -2.42. The van der Waals surface area contributed by atoms with E-state index in [0.717, 1.165) is 17.1 Å². The van der Waals surface area contributed by atoms with E-state index in [-0.39, 0.29) is 0 Å². The molecule has 1 heterocycles. The number of hydrogen-bond donors (Lipinski definition) is 0. The van der Waals surface area contributed by atoms with Crippen LogP contribution in [0, 0.1) is 13.8 Å². The highest BCUT2D eigenvalue weighted by Crippen LogP contribution is 2.42. The molecular formula is C16H29NOSi. The van der Waals surface area contributed by atoms with Gasteiger partial charge in [0.1, 0.15) is 5.75 Å². The first-order valence-electron chi connectivity index (χ1n) is 7.34. The summed E-state index contributed by atoms with van der Waals surface area (Å²) in [5, 5.41) is 0. The highest BCUT2D eigenvalue weighted by atomic mass is 28.4. The molecule has 0 atom stereocenters. The van der Waals surface area contributed by atoms with Gasteiger partial charge >= 0.3 is 0 Å². The van der Waals surface area contributed by atoms with Crippen molar-refractivity contribution >= 4 is 8.32 Å². The second-order valence-corrected chi connectivity index (χ2v) is 11.9. The zero-order valence-electron chi connectivity index (χ0n) is 13.7. The summed E-state index contributed by atoms with van der Waals surface area (Å²) in [6.45, 7) is 17.9. The minimum absolute atomic E-state index is 0.598. The first-order chi connectivity index (χ1) is 8.70. The van der Waals surface area contributed by atoms with E-state index in [0.29, 0.717) is 16.6 Å². The van der Waals surface area contributed by atoms with Crippen molar-refractivity contribution in [2.75, 3.05) is 0 Å². The van der Waals surface area contributed by atoms with Gasteiger partial charge in [-0.15, -0.1) is 0 Å². The molecule has 0 radical (unpaired) electrons. The Bertz CT molecular complexity index is 385. The molecule has 0 saturated carbocycles. The van der Waals surface area contributed by atoms with Crippen LogP contribution in [0.25, 0.3) is 0 Å². The minimum Gasteiger partial charge on any atom is -0.543 e. The minimum atomic E-state index is -1.84. The number of pyridine rings is 1. The van der Waals surface area contributed by atoms with Gasteiger partial charge in [0.2, 0.25) is 0 Å². The monoisotopic (exact) mass is 279 g/mol. The van der Waals surface area contributed by atoms with Crippen LogP contribution in [0.3, 0.4) is 0 Å². The van der Waals surface area contributed by atoms with Crippen molar-refractivity contribution in [1.82, 2.24) is 4.98 Å². The molecule has 0 unspecified atom stereocenters. The standard InChI is InChI=1S/C16H29NOSi/c1-11(2)19(12(3)4,13(5)6)18-16-9-14(7)17-15(8)10-16/h9-13H,1-8H3. The molecule has 0 aliphatic heterocycles. The van der Waals surface area contributed by atoms with E-state index < -0.39 is 8.32 Å². The summed E-state index contributed by atoms with van der Waals surface area (Å²) >= 11 is 0. The SMILES string of the molecule is Cc1cc(O[Si](C(C)C)(C(C)C)C(C)C)cc(C)n1.